The van der Waals surface area contributed by atoms with Gasteiger partial charge in [-0.3, -0.25) is 4.79 Å². The van der Waals surface area contributed by atoms with E-state index < -0.39 is 11.8 Å². The van der Waals surface area contributed by atoms with E-state index in [0.29, 0.717) is 48.4 Å². The molecule has 0 aromatic heterocycles. The summed E-state index contributed by atoms with van der Waals surface area (Å²) in [4.78, 5) is 26.9. The third-order valence-corrected chi connectivity index (χ3v) is 6.03. The lowest BCUT2D eigenvalue weighted by atomic mass is 10.1. The van der Waals surface area contributed by atoms with Gasteiger partial charge in [0.15, 0.2) is 11.6 Å². The summed E-state index contributed by atoms with van der Waals surface area (Å²) in [5.74, 6) is -0.908. The number of aryl methyl sites for hydroxylation is 1. The summed E-state index contributed by atoms with van der Waals surface area (Å²) in [5.41, 5.74) is 2.27. The maximum Gasteiger partial charge on any atom is 0.337 e. The van der Waals surface area contributed by atoms with Crippen molar-refractivity contribution in [1.82, 2.24) is 4.90 Å². The molecule has 4 aromatic carbocycles. The van der Waals surface area contributed by atoms with Crippen LogP contribution >= 0.6 is 0 Å². The second kappa shape index (κ2) is 12.6. The number of halogens is 2. The minimum absolute atomic E-state index is 0.0942. The Balaban J connectivity index is 1.49. The number of hydrogen-bond acceptors (Lipinski definition) is 4. The first-order valence-corrected chi connectivity index (χ1v) is 12.2. The monoisotopic (exact) mass is 515 g/mol. The van der Waals surface area contributed by atoms with E-state index in [9.17, 15) is 18.4 Å². The van der Waals surface area contributed by atoms with Gasteiger partial charge in [-0.1, -0.05) is 42.5 Å². The molecule has 7 heteroatoms. The van der Waals surface area contributed by atoms with E-state index in [1.165, 1.54) is 25.3 Å². The summed E-state index contributed by atoms with van der Waals surface area (Å²) in [6.45, 7) is 0.685. The number of carbonyl (C=O) groups excluding carboxylic acids is 2. The average Bonchev–Trinajstić information content (AvgIpc) is 2.94. The van der Waals surface area contributed by atoms with E-state index in [2.05, 4.69) is 0 Å². The molecule has 0 fully saturated rings. The maximum absolute atomic E-state index is 14.1. The molecule has 0 heterocycles. The van der Waals surface area contributed by atoms with E-state index in [1.807, 2.05) is 0 Å². The number of carbonyl (C=O) groups is 2. The minimum Gasteiger partial charge on any atom is -0.465 e. The molecule has 0 bridgehead atoms. The molecule has 4 aromatic rings. The number of benzene rings is 4. The van der Waals surface area contributed by atoms with Gasteiger partial charge in [0.05, 0.1) is 12.7 Å². The van der Waals surface area contributed by atoms with Crippen molar-refractivity contribution in [3.63, 3.8) is 0 Å². The fourth-order valence-corrected chi connectivity index (χ4v) is 4.00. The Morgan fingerprint density at radius 3 is 2.05 bits per heavy atom. The summed E-state index contributed by atoms with van der Waals surface area (Å²) in [5, 5.41) is 0. The molecule has 0 spiro atoms. The summed E-state index contributed by atoms with van der Waals surface area (Å²) in [6, 6.07) is 26.0. The van der Waals surface area contributed by atoms with Crippen LogP contribution in [0.1, 0.15) is 38.3 Å². The lowest BCUT2D eigenvalue weighted by molar-refractivity contribution is 0.0600. The van der Waals surface area contributed by atoms with Crippen LogP contribution in [0.25, 0.3) is 0 Å². The Morgan fingerprint density at radius 2 is 1.39 bits per heavy atom. The van der Waals surface area contributed by atoms with E-state index in [1.54, 1.807) is 83.8 Å². The first kappa shape index (κ1) is 26.5. The zero-order valence-electron chi connectivity index (χ0n) is 20.9. The van der Waals surface area contributed by atoms with Crippen LogP contribution in [-0.4, -0.2) is 30.4 Å². The Kier molecular flexibility index (Phi) is 8.82. The molecule has 0 saturated carbocycles. The van der Waals surface area contributed by atoms with Gasteiger partial charge in [0.1, 0.15) is 11.6 Å². The van der Waals surface area contributed by atoms with Crippen molar-refractivity contribution in [3.05, 3.63) is 131 Å². The van der Waals surface area contributed by atoms with E-state index in [0.717, 1.165) is 5.56 Å². The SMILES string of the molecule is COC(=O)c1ccc(CN(CCCc2ccccc2F)C(=O)c2ccc(Oc3ccccc3F)cc2)cc1. The predicted molar refractivity (Wildman–Crippen MR) is 140 cm³/mol. The van der Waals surface area contributed by atoms with Crippen LogP contribution in [0, 0.1) is 11.6 Å². The molecule has 0 aliphatic carbocycles. The molecular weight excluding hydrogens is 488 g/mol. The number of esters is 1. The number of ether oxygens (including phenoxy) is 2. The molecule has 38 heavy (non-hydrogen) atoms. The highest BCUT2D eigenvalue weighted by Crippen LogP contribution is 2.25. The second-order valence-corrected chi connectivity index (χ2v) is 8.67. The lowest BCUT2D eigenvalue weighted by Crippen LogP contribution is -2.31. The molecule has 0 radical (unpaired) electrons. The summed E-state index contributed by atoms with van der Waals surface area (Å²) in [7, 11) is 1.32. The Morgan fingerprint density at radius 1 is 0.763 bits per heavy atom. The largest absolute Gasteiger partial charge is 0.465 e. The molecular formula is C31H27F2NO4. The van der Waals surface area contributed by atoms with E-state index in [-0.39, 0.29) is 17.5 Å². The molecule has 194 valence electrons. The Bertz CT molecular complexity index is 1390. The number of para-hydroxylation sites is 1. The van der Waals surface area contributed by atoms with Crippen molar-refractivity contribution in [2.75, 3.05) is 13.7 Å². The molecule has 0 aliphatic heterocycles. The molecule has 4 rings (SSSR count). The third-order valence-electron chi connectivity index (χ3n) is 6.03. The molecule has 0 N–H and O–H groups in total. The standard InChI is InChI=1S/C31H27F2NO4/c1-37-31(36)25-14-12-22(13-15-25)21-34(20-6-8-23-7-2-3-9-27(23)32)30(35)24-16-18-26(19-17-24)38-29-11-5-4-10-28(29)33/h2-5,7,9-19H,6,8,20-21H2,1H3. The molecule has 5 nitrogen and oxygen atoms in total. The first-order chi connectivity index (χ1) is 18.4. The fourth-order valence-electron chi connectivity index (χ4n) is 4.00. The molecule has 1 amide bonds. The zero-order chi connectivity index (χ0) is 26.9. The number of methoxy groups -OCH3 is 1. The van der Waals surface area contributed by atoms with Crippen molar-refractivity contribution in [1.29, 1.82) is 0 Å². The lowest BCUT2D eigenvalue weighted by Gasteiger charge is -2.23. The van der Waals surface area contributed by atoms with Crippen molar-refractivity contribution < 1.29 is 27.8 Å². The van der Waals surface area contributed by atoms with Gasteiger partial charge in [0.2, 0.25) is 0 Å². The van der Waals surface area contributed by atoms with Crippen molar-refractivity contribution >= 4 is 11.9 Å². The Labute approximate surface area is 220 Å². The summed E-state index contributed by atoms with van der Waals surface area (Å²) < 4.78 is 38.3. The summed E-state index contributed by atoms with van der Waals surface area (Å²) in [6.07, 6.45) is 1.04. The van der Waals surface area contributed by atoms with E-state index >= 15 is 0 Å². The number of rotatable bonds is 10. The van der Waals surface area contributed by atoms with Crippen LogP contribution in [0.2, 0.25) is 0 Å². The highest BCUT2D eigenvalue weighted by atomic mass is 19.1. The molecule has 0 unspecified atom stereocenters. The zero-order valence-corrected chi connectivity index (χ0v) is 20.9. The van der Waals surface area contributed by atoms with Gasteiger partial charge in [-0.05, 0) is 78.6 Å². The predicted octanol–water partition coefficient (Wildman–Crippen LogP) is 6.82. The van der Waals surface area contributed by atoms with Crippen molar-refractivity contribution in [2.45, 2.75) is 19.4 Å². The Hall–Kier alpha value is -4.52. The highest BCUT2D eigenvalue weighted by molar-refractivity contribution is 5.94. The first-order valence-electron chi connectivity index (χ1n) is 12.2. The van der Waals surface area contributed by atoms with Crippen LogP contribution < -0.4 is 4.74 Å². The van der Waals surface area contributed by atoms with Crippen molar-refractivity contribution in [3.8, 4) is 11.5 Å². The van der Waals surface area contributed by atoms with Crippen LogP contribution in [0.4, 0.5) is 8.78 Å². The highest BCUT2D eigenvalue weighted by Gasteiger charge is 2.17. The fraction of sp³-hybridized carbons (Fsp3) is 0.161. The number of amides is 1. The van der Waals surface area contributed by atoms with Gasteiger partial charge in [-0.15, -0.1) is 0 Å². The van der Waals surface area contributed by atoms with Crippen LogP contribution in [-0.2, 0) is 17.7 Å². The van der Waals surface area contributed by atoms with Gasteiger partial charge in [-0.2, -0.15) is 0 Å². The average molecular weight is 516 g/mol. The summed E-state index contributed by atoms with van der Waals surface area (Å²) >= 11 is 0. The topological polar surface area (TPSA) is 55.8 Å². The maximum atomic E-state index is 14.1. The smallest absolute Gasteiger partial charge is 0.337 e. The van der Waals surface area contributed by atoms with Crippen LogP contribution in [0.3, 0.4) is 0 Å². The van der Waals surface area contributed by atoms with Crippen LogP contribution in [0.5, 0.6) is 11.5 Å². The molecule has 0 saturated heterocycles. The third kappa shape index (κ3) is 6.82. The van der Waals surface area contributed by atoms with E-state index in [4.69, 9.17) is 9.47 Å². The number of nitrogens with zero attached hydrogens (tertiary/aromatic N) is 1. The number of hydrogen-bond donors (Lipinski definition) is 0. The minimum atomic E-state index is -0.480. The van der Waals surface area contributed by atoms with Crippen molar-refractivity contribution in [2.24, 2.45) is 0 Å². The molecule has 0 aliphatic rings. The quantitative estimate of drug-likeness (QED) is 0.218. The van der Waals surface area contributed by atoms with Gasteiger partial charge in [-0.25, -0.2) is 13.6 Å². The van der Waals surface area contributed by atoms with Gasteiger partial charge < -0.3 is 14.4 Å². The van der Waals surface area contributed by atoms with Crippen LogP contribution in [0.15, 0.2) is 97.1 Å². The van der Waals surface area contributed by atoms with Gasteiger partial charge >= 0.3 is 5.97 Å². The second-order valence-electron chi connectivity index (χ2n) is 8.67. The van der Waals surface area contributed by atoms with Gasteiger partial charge in [0, 0.05) is 18.7 Å². The normalized spacial score (nSPS) is 10.6. The van der Waals surface area contributed by atoms with Gasteiger partial charge in [0.25, 0.3) is 5.91 Å². The molecule has 0 atom stereocenters.